The summed E-state index contributed by atoms with van der Waals surface area (Å²) in [5.41, 5.74) is 2.09. The van der Waals surface area contributed by atoms with Crippen LogP contribution in [0.1, 0.15) is 10.4 Å². The second-order valence-electron chi connectivity index (χ2n) is 5.31. The van der Waals surface area contributed by atoms with Crippen LogP contribution >= 0.6 is 43.2 Å². The fourth-order valence-corrected chi connectivity index (χ4v) is 4.53. The van der Waals surface area contributed by atoms with E-state index in [9.17, 15) is 4.79 Å². The van der Waals surface area contributed by atoms with Crippen LogP contribution in [0.15, 0.2) is 69.1 Å². The molecule has 8 heteroatoms. The van der Waals surface area contributed by atoms with E-state index in [2.05, 4.69) is 37.2 Å². The summed E-state index contributed by atoms with van der Waals surface area (Å²) in [5, 5.41) is 12.0. The number of halogens is 2. The van der Waals surface area contributed by atoms with Crippen LogP contribution in [-0.4, -0.2) is 27.5 Å². The molecule has 0 unspecified atom stereocenters. The fraction of sp³-hybridized carbons (Fsp3) is 0.0526. The van der Waals surface area contributed by atoms with Crippen molar-refractivity contribution in [2.75, 3.05) is 12.4 Å². The molecule has 0 fully saturated rings. The largest absolute Gasteiger partial charge is 0.400 e. The average Bonchev–Trinajstić information content (AvgIpc) is 3.33. The Bertz CT molecular complexity index is 1060. The van der Waals surface area contributed by atoms with Crippen LogP contribution in [0.4, 0.5) is 5.82 Å². The van der Waals surface area contributed by atoms with Crippen molar-refractivity contribution < 1.29 is 9.90 Å². The van der Waals surface area contributed by atoms with Gasteiger partial charge in [0.15, 0.2) is 5.65 Å². The first-order valence-corrected chi connectivity index (χ1v) is 10.3. The first-order valence-electron chi connectivity index (χ1n) is 7.85. The second kappa shape index (κ2) is 8.79. The number of carbonyl (C=O) groups excluding carboxylic acids is 1. The Kier molecular flexibility index (Phi) is 6.43. The summed E-state index contributed by atoms with van der Waals surface area (Å²) in [6.45, 7) is 0. The van der Waals surface area contributed by atoms with Gasteiger partial charge in [-0.05, 0) is 61.5 Å². The van der Waals surface area contributed by atoms with Crippen molar-refractivity contribution in [3.63, 3.8) is 0 Å². The number of aromatic nitrogens is 2. The lowest BCUT2D eigenvalue weighted by Gasteiger charge is -2.08. The van der Waals surface area contributed by atoms with Crippen molar-refractivity contribution in [1.82, 2.24) is 9.38 Å². The smallest absolute Gasteiger partial charge is 0.256 e. The van der Waals surface area contributed by atoms with Gasteiger partial charge in [0, 0.05) is 23.3 Å². The van der Waals surface area contributed by atoms with E-state index in [4.69, 9.17) is 10.1 Å². The number of hydrogen-bond acceptors (Lipinski definition) is 4. The van der Waals surface area contributed by atoms with Crippen LogP contribution in [0.25, 0.3) is 16.2 Å². The molecule has 0 saturated carbocycles. The molecule has 4 rings (SSSR count). The third-order valence-corrected chi connectivity index (χ3v) is 5.56. The molecular formula is C19H15Br2N3O2S. The van der Waals surface area contributed by atoms with E-state index >= 15 is 0 Å². The summed E-state index contributed by atoms with van der Waals surface area (Å²) < 4.78 is 3.61. The number of fused-ring (bicyclic) bond motifs is 1. The molecule has 2 N–H and O–H groups in total. The standard InChI is InChI=1S/C18H11Br2N3OS.CH4O/c19-12-9-13(20)16-21-15(14-7-4-8-25-14)17(23(16)10-12)22-18(24)11-5-2-1-3-6-11;1-2/h1-10H,(H,22,24);2H,1H3. The zero-order chi connectivity index (χ0) is 19.4. The van der Waals surface area contributed by atoms with Crippen LogP contribution in [0.5, 0.6) is 0 Å². The maximum Gasteiger partial charge on any atom is 0.256 e. The van der Waals surface area contributed by atoms with Crippen molar-refractivity contribution in [3.8, 4) is 10.6 Å². The van der Waals surface area contributed by atoms with E-state index in [0.29, 0.717) is 11.4 Å². The summed E-state index contributed by atoms with van der Waals surface area (Å²) in [5.74, 6) is 0.476. The van der Waals surface area contributed by atoms with Crippen LogP contribution in [-0.2, 0) is 0 Å². The number of imidazole rings is 1. The molecule has 0 aliphatic rings. The normalized spacial score (nSPS) is 10.4. The maximum absolute atomic E-state index is 12.7. The molecule has 4 aromatic rings. The number of carbonyl (C=O) groups is 1. The predicted molar refractivity (Wildman–Crippen MR) is 116 cm³/mol. The molecule has 0 radical (unpaired) electrons. The van der Waals surface area contributed by atoms with E-state index in [-0.39, 0.29) is 5.91 Å². The quantitative estimate of drug-likeness (QED) is 0.386. The number of thiophene rings is 1. The van der Waals surface area contributed by atoms with Crippen LogP contribution < -0.4 is 5.32 Å². The van der Waals surface area contributed by atoms with Gasteiger partial charge in [0.2, 0.25) is 0 Å². The number of aliphatic hydroxyl groups excluding tert-OH is 1. The van der Waals surface area contributed by atoms with E-state index in [1.165, 1.54) is 0 Å². The van der Waals surface area contributed by atoms with Gasteiger partial charge in [0.05, 0.1) is 9.35 Å². The molecule has 3 heterocycles. The number of pyridine rings is 1. The SMILES string of the molecule is CO.O=C(Nc1c(-c2cccs2)nc2c(Br)cc(Br)cn12)c1ccccc1. The molecule has 0 aliphatic carbocycles. The lowest BCUT2D eigenvalue weighted by atomic mass is 10.2. The molecular weight excluding hydrogens is 494 g/mol. The van der Waals surface area contributed by atoms with Crippen LogP contribution in [0.2, 0.25) is 0 Å². The van der Waals surface area contributed by atoms with Gasteiger partial charge in [-0.25, -0.2) is 4.98 Å². The average molecular weight is 509 g/mol. The number of rotatable bonds is 3. The third kappa shape index (κ3) is 4.14. The number of aliphatic hydroxyl groups is 1. The van der Waals surface area contributed by atoms with Gasteiger partial charge in [-0.2, -0.15) is 0 Å². The van der Waals surface area contributed by atoms with Crippen molar-refractivity contribution in [2.45, 2.75) is 0 Å². The number of amides is 1. The van der Waals surface area contributed by atoms with Crippen LogP contribution in [0.3, 0.4) is 0 Å². The highest BCUT2D eigenvalue weighted by Gasteiger charge is 2.19. The lowest BCUT2D eigenvalue weighted by Crippen LogP contribution is -2.13. The minimum Gasteiger partial charge on any atom is -0.400 e. The Balaban J connectivity index is 0.00000102. The topological polar surface area (TPSA) is 66.6 Å². The van der Waals surface area contributed by atoms with Gasteiger partial charge in [0.1, 0.15) is 11.5 Å². The molecule has 0 aliphatic heterocycles. The zero-order valence-corrected chi connectivity index (χ0v) is 18.2. The molecule has 3 aromatic heterocycles. The Hall–Kier alpha value is -2.00. The van der Waals surface area contributed by atoms with Gasteiger partial charge in [-0.3, -0.25) is 9.20 Å². The highest BCUT2D eigenvalue weighted by atomic mass is 79.9. The summed E-state index contributed by atoms with van der Waals surface area (Å²) in [6.07, 6.45) is 1.89. The van der Waals surface area contributed by atoms with Gasteiger partial charge in [0.25, 0.3) is 5.91 Å². The van der Waals surface area contributed by atoms with Gasteiger partial charge in [-0.1, -0.05) is 24.3 Å². The molecule has 1 aromatic carbocycles. The molecule has 0 saturated heterocycles. The van der Waals surface area contributed by atoms with E-state index in [1.807, 2.05) is 52.4 Å². The summed E-state index contributed by atoms with van der Waals surface area (Å²) in [6, 6.07) is 15.0. The summed E-state index contributed by atoms with van der Waals surface area (Å²) in [4.78, 5) is 18.4. The molecule has 0 atom stereocenters. The van der Waals surface area contributed by atoms with Crippen molar-refractivity contribution in [3.05, 3.63) is 74.6 Å². The minimum absolute atomic E-state index is 0.170. The monoisotopic (exact) mass is 507 g/mol. The van der Waals surface area contributed by atoms with Crippen molar-refractivity contribution in [2.24, 2.45) is 0 Å². The second-order valence-corrected chi connectivity index (χ2v) is 8.02. The van der Waals surface area contributed by atoms with Crippen molar-refractivity contribution in [1.29, 1.82) is 0 Å². The van der Waals surface area contributed by atoms with Gasteiger partial charge >= 0.3 is 0 Å². The molecule has 1 amide bonds. The fourth-order valence-electron chi connectivity index (χ4n) is 2.55. The molecule has 0 bridgehead atoms. The first kappa shape index (κ1) is 19.8. The Morgan fingerprint density at radius 3 is 2.56 bits per heavy atom. The highest BCUT2D eigenvalue weighted by molar-refractivity contribution is 9.11. The Morgan fingerprint density at radius 2 is 1.89 bits per heavy atom. The Labute approximate surface area is 177 Å². The first-order chi connectivity index (χ1) is 13.1. The van der Waals surface area contributed by atoms with Gasteiger partial charge in [-0.15, -0.1) is 11.3 Å². The third-order valence-electron chi connectivity index (χ3n) is 3.66. The summed E-state index contributed by atoms with van der Waals surface area (Å²) >= 11 is 8.63. The molecule has 0 spiro atoms. The minimum atomic E-state index is -0.170. The number of nitrogens with one attached hydrogen (secondary N) is 1. The number of anilines is 1. The van der Waals surface area contributed by atoms with Crippen molar-refractivity contribution >= 4 is 60.6 Å². The molecule has 27 heavy (non-hydrogen) atoms. The number of hydrogen-bond donors (Lipinski definition) is 2. The zero-order valence-electron chi connectivity index (χ0n) is 14.2. The van der Waals surface area contributed by atoms with E-state index in [0.717, 1.165) is 32.3 Å². The predicted octanol–water partition coefficient (Wildman–Crippen LogP) is 5.45. The Morgan fingerprint density at radius 1 is 1.15 bits per heavy atom. The van der Waals surface area contributed by atoms with Gasteiger partial charge < -0.3 is 10.4 Å². The number of benzene rings is 1. The molecule has 5 nitrogen and oxygen atoms in total. The van der Waals surface area contributed by atoms with E-state index < -0.39 is 0 Å². The highest BCUT2D eigenvalue weighted by Crippen LogP contribution is 2.35. The molecule has 138 valence electrons. The van der Waals surface area contributed by atoms with E-state index in [1.54, 1.807) is 23.5 Å². The number of nitrogens with zero attached hydrogens (tertiary/aromatic N) is 2. The lowest BCUT2D eigenvalue weighted by molar-refractivity contribution is 0.102. The summed E-state index contributed by atoms with van der Waals surface area (Å²) in [7, 11) is 1.00. The maximum atomic E-state index is 12.7. The van der Waals surface area contributed by atoms with Crippen LogP contribution in [0, 0.1) is 0 Å².